The molecule has 0 saturated carbocycles. The molecule has 0 aliphatic carbocycles. The number of hydrogen-bond acceptors (Lipinski definition) is 4. The van der Waals surface area contributed by atoms with Gasteiger partial charge in [-0.25, -0.2) is 0 Å². The summed E-state index contributed by atoms with van der Waals surface area (Å²) in [5, 5.41) is 11.9. The van der Waals surface area contributed by atoms with Crippen LogP contribution in [0.3, 0.4) is 0 Å². The molecule has 6 nitrogen and oxygen atoms in total. The fraction of sp³-hybridized carbons (Fsp3) is 0.333. The summed E-state index contributed by atoms with van der Waals surface area (Å²) in [5.74, 6) is -1.21. The summed E-state index contributed by atoms with van der Waals surface area (Å²) >= 11 is 12.8. The standard InChI is InChI=1S/C21H23Cl2N3O3/c1-25(2)9-5-6-10-26-17-12-13(19(24)27)11-16(23)18(17)21(29,20(26)28)14-7-3-4-8-15(14)22/h3-4,7-8,11-12,29H,5-6,9-10H2,1-2H3,(H2,24,27). The van der Waals surface area contributed by atoms with Crippen molar-refractivity contribution in [3.8, 4) is 0 Å². The molecule has 0 spiro atoms. The molecule has 3 rings (SSSR count). The molecule has 1 aliphatic rings. The Morgan fingerprint density at radius 2 is 1.86 bits per heavy atom. The van der Waals surface area contributed by atoms with Gasteiger partial charge >= 0.3 is 0 Å². The van der Waals surface area contributed by atoms with Crippen molar-refractivity contribution in [1.82, 2.24) is 4.90 Å². The number of anilines is 1. The summed E-state index contributed by atoms with van der Waals surface area (Å²) in [6.07, 6.45) is 1.57. The van der Waals surface area contributed by atoms with Crippen LogP contribution in [-0.2, 0) is 10.4 Å². The van der Waals surface area contributed by atoms with E-state index in [2.05, 4.69) is 4.90 Å². The highest BCUT2D eigenvalue weighted by Gasteiger charge is 2.53. The third-order valence-electron chi connectivity index (χ3n) is 5.06. The number of benzene rings is 2. The topological polar surface area (TPSA) is 86.9 Å². The van der Waals surface area contributed by atoms with Crippen molar-refractivity contribution < 1.29 is 14.7 Å². The maximum absolute atomic E-state index is 13.4. The second-order valence-corrected chi connectivity index (χ2v) is 8.19. The number of carbonyl (C=O) groups excluding carboxylic acids is 2. The number of nitrogens with zero attached hydrogens (tertiary/aromatic N) is 2. The highest BCUT2D eigenvalue weighted by Crippen LogP contribution is 2.49. The molecule has 154 valence electrons. The number of primary amides is 1. The van der Waals surface area contributed by atoms with Crippen LogP contribution in [0.15, 0.2) is 36.4 Å². The smallest absolute Gasteiger partial charge is 0.268 e. The van der Waals surface area contributed by atoms with Gasteiger partial charge in [0.2, 0.25) is 5.91 Å². The molecule has 0 saturated heterocycles. The summed E-state index contributed by atoms with van der Waals surface area (Å²) < 4.78 is 0. The van der Waals surface area contributed by atoms with Crippen LogP contribution in [0.1, 0.15) is 34.3 Å². The van der Waals surface area contributed by atoms with Gasteiger partial charge in [-0.2, -0.15) is 0 Å². The Balaban J connectivity index is 2.11. The summed E-state index contributed by atoms with van der Waals surface area (Å²) in [6.45, 7) is 1.23. The Bertz CT molecular complexity index is 964. The van der Waals surface area contributed by atoms with Gasteiger partial charge in [-0.05, 0) is 51.7 Å². The van der Waals surface area contributed by atoms with Gasteiger partial charge in [-0.3, -0.25) is 9.59 Å². The molecular weight excluding hydrogens is 413 g/mol. The third kappa shape index (κ3) is 3.85. The van der Waals surface area contributed by atoms with E-state index in [-0.39, 0.29) is 26.7 Å². The minimum atomic E-state index is -2.04. The SMILES string of the molecule is CN(C)CCCCN1C(=O)C(O)(c2ccccc2Cl)c2c(Cl)cc(C(N)=O)cc21. The Morgan fingerprint density at radius 3 is 2.48 bits per heavy atom. The minimum Gasteiger partial charge on any atom is -0.372 e. The van der Waals surface area contributed by atoms with Gasteiger partial charge in [0.25, 0.3) is 5.91 Å². The van der Waals surface area contributed by atoms with Crippen molar-refractivity contribution in [1.29, 1.82) is 0 Å². The van der Waals surface area contributed by atoms with E-state index in [9.17, 15) is 14.7 Å². The zero-order valence-electron chi connectivity index (χ0n) is 16.3. The van der Waals surface area contributed by atoms with Gasteiger partial charge in [-0.1, -0.05) is 41.4 Å². The number of amides is 2. The first-order valence-corrected chi connectivity index (χ1v) is 10.0. The molecule has 2 aromatic rings. The van der Waals surface area contributed by atoms with Gasteiger partial charge in [0.05, 0.1) is 10.7 Å². The molecule has 0 aromatic heterocycles. The van der Waals surface area contributed by atoms with Crippen molar-refractivity contribution in [2.24, 2.45) is 5.73 Å². The molecule has 0 radical (unpaired) electrons. The molecule has 1 atom stereocenters. The first-order chi connectivity index (χ1) is 13.7. The van der Waals surface area contributed by atoms with E-state index in [1.54, 1.807) is 24.3 Å². The third-order valence-corrected chi connectivity index (χ3v) is 5.69. The molecule has 0 fully saturated rings. The summed E-state index contributed by atoms with van der Waals surface area (Å²) in [7, 11) is 3.96. The van der Waals surface area contributed by atoms with Crippen LogP contribution in [-0.4, -0.2) is 49.0 Å². The number of carbonyl (C=O) groups is 2. The van der Waals surface area contributed by atoms with E-state index in [0.29, 0.717) is 18.7 Å². The van der Waals surface area contributed by atoms with Crippen LogP contribution in [0.2, 0.25) is 10.0 Å². The van der Waals surface area contributed by atoms with Gasteiger partial charge in [0.15, 0.2) is 5.60 Å². The van der Waals surface area contributed by atoms with E-state index < -0.39 is 17.4 Å². The maximum Gasteiger partial charge on any atom is 0.268 e. The number of halogens is 2. The monoisotopic (exact) mass is 435 g/mol. The summed E-state index contributed by atoms with van der Waals surface area (Å²) in [4.78, 5) is 28.7. The molecule has 8 heteroatoms. The number of rotatable bonds is 7. The van der Waals surface area contributed by atoms with E-state index in [1.165, 1.54) is 17.0 Å². The Labute approximate surface area is 179 Å². The Kier molecular flexibility index (Phi) is 6.19. The predicted molar refractivity (Wildman–Crippen MR) is 115 cm³/mol. The molecule has 2 amide bonds. The number of fused-ring (bicyclic) bond motifs is 1. The molecule has 3 N–H and O–H groups in total. The number of unbranched alkanes of at least 4 members (excludes halogenated alkanes) is 1. The molecular formula is C21H23Cl2N3O3. The molecule has 0 bridgehead atoms. The average Bonchev–Trinajstić information content (AvgIpc) is 2.87. The first kappa shape index (κ1) is 21.6. The minimum absolute atomic E-state index is 0.0860. The molecule has 1 heterocycles. The lowest BCUT2D eigenvalue weighted by Gasteiger charge is -2.25. The van der Waals surface area contributed by atoms with E-state index in [4.69, 9.17) is 28.9 Å². The van der Waals surface area contributed by atoms with Crippen LogP contribution < -0.4 is 10.6 Å². The predicted octanol–water partition coefficient (Wildman–Crippen LogP) is 3.02. The van der Waals surface area contributed by atoms with Crippen molar-refractivity contribution in [2.75, 3.05) is 32.1 Å². The zero-order valence-corrected chi connectivity index (χ0v) is 17.8. The molecule has 1 unspecified atom stereocenters. The van der Waals surface area contributed by atoms with Crippen molar-refractivity contribution in [2.45, 2.75) is 18.4 Å². The lowest BCUT2D eigenvalue weighted by Crippen LogP contribution is -2.42. The van der Waals surface area contributed by atoms with E-state index in [0.717, 1.165) is 13.0 Å². The lowest BCUT2D eigenvalue weighted by atomic mass is 9.87. The molecule has 1 aliphatic heterocycles. The normalized spacial score (nSPS) is 18.4. The van der Waals surface area contributed by atoms with Gasteiger partial charge < -0.3 is 20.6 Å². The summed E-state index contributed by atoms with van der Waals surface area (Å²) in [5.41, 5.74) is 4.40. The largest absolute Gasteiger partial charge is 0.372 e. The molecule has 29 heavy (non-hydrogen) atoms. The molecule has 2 aromatic carbocycles. The highest BCUT2D eigenvalue weighted by molar-refractivity contribution is 6.35. The fourth-order valence-electron chi connectivity index (χ4n) is 3.64. The van der Waals surface area contributed by atoms with Gasteiger partial charge in [0, 0.05) is 28.3 Å². The number of nitrogens with two attached hydrogens (primary N) is 1. The number of hydrogen-bond donors (Lipinski definition) is 2. The highest BCUT2D eigenvalue weighted by atomic mass is 35.5. The van der Waals surface area contributed by atoms with Crippen LogP contribution in [0.5, 0.6) is 0 Å². The Hall–Kier alpha value is -2.12. The van der Waals surface area contributed by atoms with Crippen molar-refractivity contribution >= 4 is 40.7 Å². The Morgan fingerprint density at radius 1 is 1.17 bits per heavy atom. The van der Waals surface area contributed by atoms with Crippen LogP contribution in [0, 0.1) is 0 Å². The van der Waals surface area contributed by atoms with Crippen molar-refractivity contribution in [3.63, 3.8) is 0 Å². The van der Waals surface area contributed by atoms with Gasteiger partial charge in [-0.15, -0.1) is 0 Å². The second kappa shape index (κ2) is 8.32. The summed E-state index contributed by atoms with van der Waals surface area (Å²) in [6, 6.07) is 9.48. The fourth-order valence-corrected chi connectivity index (χ4v) is 4.27. The second-order valence-electron chi connectivity index (χ2n) is 7.37. The average molecular weight is 436 g/mol. The maximum atomic E-state index is 13.4. The van der Waals surface area contributed by atoms with E-state index in [1.807, 2.05) is 14.1 Å². The van der Waals surface area contributed by atoms with E-state index >= 15 is 0 Å². The zero-order chi connectivity index (χ0) is 21.3. The van der Waals surface area contributed by atoms with Crippen LogP contribution in [0.25, 0.3) is 0 Å². The van der Waals surface area contributed by atoms with Crippen LogP contribution >= 0.6 is 23.2 Å². The van der Waals surface area contributed by atoms with Crippen molar-refractivity contribution in [3.05, 3.63) is 63.1 Å². The quantitative estimate of drug-likeness (QED) is 0.654. The van der Waals surface area contributed by atoms with Gasteiger partial charge in [0.1, 0.15) is 0 Å². The van der Waals surface area contributed by atoms with Crippen LogP contribution in [0.4, 0.5) is 5.69 Å². The number of aliphatic hydroxyl groups is 1. The lowest BCUT2D eigenvalue weighted by molar-refractivity contribution is -0.132. The first-order valence-electron chi connectivity index (χ1n) is 9.25.